The van der Waals surface area contributed by atoms with Crippen LogP contribution < -0.4 is 10.6 Å². The normalized spacial score (nSPS) is 13.9. The summed E-state index contributed by atoms with van der Waals surface area (Å²) in [6.45, 7) is 0.943. The maximum atomic E-state index is 13.2. The lowest BCUT2D eigenvalue weighted by Crippen LogP contribution is -2.38. The molecule has 0 saturated heterocycles. The van der Waals surface area contributed by atoms with E-state index in [1.165, 1.54) is 4.68 Å². The Morgan fingerprint density at radius 2 is 1.78 bits per heavy atom. The number of alkyl halides is 3. The number of fused-ring (bicyclic) bond motifs is 1. The van der Waals surface area contributed by atoms with Gasteiger partial charge < -0.3 is 10.6 Å². The van der Waals surface area contributed by atoms with Crippen LogP contribution in [0.3, 0.4) is 0 Å². The summed E-state index contributed by atoms with van der Waals surface area (Å²) in [5.41, 5.74) is 1.33. The van der Waals surface area contributed by atoms with Crippen molar-refractivity contribution in [2.75, 3.05) is 13.1 Å². The molecule has 0 aliphatic heterocycles. The van der Waals surface area contributed by atoms with Gasteiger partial charge >= 0.3 is 12.2 Å². The number of hydrogen-bond acceptors (Lipinski definition) is 2. The molecule has 0 spiro atoms. The molecule has 1 aromatic heterocycles. The molecule has 2 aromatic rings. The van der Waals surface area contributed by atoms with E-state index in [2.05, 4.69) is 15.7 Å². The molecule has 1 heterocycles. The number of aromatic nitrogens is 2. The van der Waals surface area contributed by atoms with Gasteiger partial charge in [-0.2, -0.15) is 18.3 Å². The number of halogens is 3. The van der Waals surface area contributed by atoms with Crippen LogP contribution in [-0.4, -0.2) is 28.9 Å². The Hall–Kier alpha value is -2.51. The van der Waals surface area contributed by atoms with Crippen LogP contribution in [0.2, 0.25) is 0 Å². The molecule has 0 bridgehead atoms. The second-order valence-electron chi connectivity index (χ2n) is 6.62. The van der Waals surface area contributed by atoms with Gasteiger partial charge in [-0.25, -0.2) is 4.79 Å². The number of benzene rings is 1. The molecule has 5 nitrogen and oxygen atoms in total. The molecular formula is C19H23F3N4O. The van der Waals surface area contributed by atoms with Crippen molar-refractivity contribution in [1.29, 1.82) is 0 Å². The van der Waals surface area contributed by atoms with E-state index in [0.29, 0.717) is 30.6 Å². The van der Waals surface area contributed by atoms with Crippen molar-refractivity contribution in [3.05, 3.63) is 52.8 Å². The second-order valence-corrected chi connectivity index (χ2v) is 6.62. The fourth-order valence-corrected chi connectivity index (χ4v) is 3.39. The molecule has 3 rings (SSSR count). The summed E-state index contributed by atoms with van der Waals surface area (Å²) in [5, 5.41) is 9.21. The number of carbonyl (C=O) groups is 1. The van der Waals surface area contributed by atoms with Crippen molar-refractivity contribution in [2.24, 2.45) is 0 Å². The molecular weight excluding hydrogens is 357 g/mol. The van der Waals surface area contributed by atoms with Gasteiger partial charge in [0, 0.05) is 24.3 Å². The minimum Gasteiger partial charge on any atom is -0.338 e. The molecule has 1 aromatic carbocycles. The highest BCUT2D eigenvalue weighted by atomic mass is 19.4. The van der Waals surface area contributed by atoms with Crippen LogP contribution in [0.25, 0.3) is 0 Å². The van der Waals surface area contributed by atoms with Gasteiger partial charge in [-0.3, -0.25) is 4.68 Å². The molecule has 0 fully saturated rings. The van der Waals surface area contributed by atoms with Crippen LogP contribution in [0.5, 0.6) is 0 Å². The van der Waals surface area contributed by atoms with Gasteiger partial charge in [-0.15, -0.1) is 0 Å². The predicted octanol–water partition coefficient (Wildman–Crippen LogP) is 3.32. The lowest BCUT2D eigenvalue weighted by molar-refractivity contribution is -0.142. The van der Waals surface area contributed by atoms with E-state index < -0.39 is 11.9 Å². The van der Waals surface area contributed by atoms with E-state index in [9.17, 15) is 18.0 Å². The van der Waals surface area contributed by atoms with E-state index in [1.54, 1.807) is 0 Å². The third-order valence-electron chi connectivity index (χ3n) is 4.68. The average Bonchev–Trinajstić information content (AvgIpc) is 3.02. The van der Waals surface area contributed by atoms with Gasteiger partial charge in [-0.1, -0.05) is 30.3 Å². The zero-order chi connectivity index (χ0) is 19.3. The fraction of sp³-hybridized carbons (Fsp3) is 0.474. The third-order valence-corrected chi connectivity index (χ3v) is 4.68. The highest BCUT2D eigenvalue weighted by molar-refractivity contribution is 5.73. The molecule has 1 aliphatic carbocycles. The summed E-state index contributed by atoms with van der Waals surface area (Å²) < 4.78 is 40.9. The van der Waals surface area contributed by atoms with Crippen LogP contribution in [0.1, 0.15) is 35.4 Å². The zero-order valence-electron chi connectivity index (χ0n) is 15.0. The molecule has 27 heavy (non-hydrogen) atoms. The van der Waals surface area contributed by atoms with Crippen molar-refractivity contribution >= 4 is 6.03 Å². The molecule has 2 N–H and O–H groups in total. The monoisotopic (exact) mass is 380 g/mol. The zero-order valence-corrected chi connectivity index (χ0v) is 15.0. The number of carbonyl (C=O) groups excluding carboxylic acids is 1. The number of rotatable bonds is 6. The fourth-order valence-electron chi connectivity index (χ4n) is 3.39. The first-order valence-electron chi connectivity index (χ1n) is 9.16. The van der Waals surface area contributed by atoms with Crippen LogP contribution in [0, 0.1) is 0 Å². The van der Waals surface area contributed by atoms with Crippen molar-refractivity contribution in [2.45, 2.75) is 44.8 Å². The van der Waals surface area contributed by atoms with Gasteiger partial charge in [0.2, 0.25) is 0 Å². The summed E-state index contributed by atoms with van der Waals surface area (Å²) in [5.74, 6) is 0. The Balaban J connectivity index is 1.49. The van der Waals surface area contributed by atoms with Gasteiger partial charge in [0.25, 0.3) is 0 Å². The van der Waals surface area contributed by atoms with Crippen LogP contribution in [0.4, 0.5) is 18.0 Å². The van der Waals surface area contributed by atoms with Gasteiger partial charge in [0.1, 0.15) is 0 Å². The number of urea groups is 1. The van der Waals surface area contributed by atoms with Crippen molar-refractivity contribution in [1.82, 2.24) is 20.4 Å². The quantitative estimate of drug-likeness (QED) is 0.808. The number of nitrogens with zero attached hydrogens (tertiary/aromatic N) is 2. The first-order chi connectivity index (χ1) is 12.9. The standard InChI is InChI=1S/C19H23F3N4O/c20-19(21,22)17-15-8-4-5-9-16(15)26(25-17)13-12-24-18(27)23-11-10-14-6-2-1-3-7-14/h1-3,6-7H,4-5,8-13H2,(H2,23,24,27). The molecule has 146 valence electrons. The summed E-state index contributed by atoms with van der Waals surface area (Å²) in [7, 11) is 0. The molecule has 0 atom stereocenters. The topological polar surface area (TPSA) is 59.0 Å². The van der Waals surface area contributed by atoms with E-state index in [1.807, 2.05) is 30.3 Å². The smallest absolute Gasteiger partial charge is 0.338 e. The van der Waals surface area contributed by atoms with Gasteiger partial charge in [0.15, 0.2) is 5.69 Å². The summed E-state index contributed by atoms with van der Waals surface area (Å²) in [6.07, 6.45) is -1.09. The Bertz CT molecular complexity index is 771. The lowest BCUT2D eigenvalue weighted by atomic mass is 9.95. The first-order valence-corrected chi connectivity index (χ1v) is 9.16. The van der Waals surface area contributed by atoms with Gasteiger partial charge in [-0.05, 0) is 37.7 Å². The van der Waals surface area contributed by atoms with Crippen LogP contribution in [-0.2, 0) is 32.0 Å². The Morgan fingerprint density at radius 3 is 2.52 bits per heavy atom. The minimum atomic E-state index is -4.44. The van der Waals surface area contributed by atoms with Crippen LogP contribution >= 0.6 is 0 Å². The Kier molecular flexibility index (Phi) is 6.03. The first kappa shape index (κ1) is 19.3. The SMILES string of the molecule is O=C(NCCc1ccccc1)NCCn1nc(C(F)(F)F)c2c1CCCC2. The lowest BCUT2D eigenvalue weighted by Gasteiger charge is -2.15. The molecule has 8 heteroatoms. The predicted molar refractivity (Wildman–Crippen MR) is 95.4 cm³/mol. The second kappa shape index (κ2) is 8.45. The summed E-state index contributed by atoms with van der Waals surface area (Å²) in [6, 6.07) is 9.45. The molecule has 2 amide bonds. The van der Waals surface area contributed by atoms with E-state index in [4.69, 9.17) is 0 Å². The Morgan fingerprint density at radius 1 is 1.07 bits per heavy atom. The van der Waals surface area contributed by atoms with E-state index >= 15 is 0 Å². The average molecular weight is 380 g/mol. The number of nitrogens with one attached hydrogen (secondary N) is 2. The van der Waals surface area contributed by atoms with Crippen molar-refractivity contribution in [3.8, 4) is 0 Å². The highest BCUT2D eigenvalue weighted by Gasteiger charge is 2.39. The number of amides is 2. The Labute approximate surface area is 155 Å². The maximum Gasteiger partial charge on any atom is 0.435 e. The molecule has 0 unspecified atom stereocenters. The summed E-state index contributed by atoms with van der Waals surface area (Å²) in [4.78, 5) is 11.8. The van der Waals surface area contributed by atoms with Crippen LogP contribution in [0.15, 0.2) is 30.3 Å². The van der Waals surface area contributed by atoms with Crippen molar-refractivity contribution in [3.63, 3.8) is 0 Å². The van der Waals surface area contributed by atoms with E-state index in [0.717, 1.165) is 24.8 Å². The highest BCUT2D eigenvalue weighted by Crippen LogP contribution is 2.35. The van der Waals surface area contributed by atoms with Crippen molar-refractivity contribution < 1.29 is 18.0 Å². The maximum absolute atomic E-state index is 13.2. The minimum absolute atomic E-state index is 0.225. The van der Waals surface area contributed by atoms with Gasteiger partial charge in [0.05, 0.1) is 6.54 Å². The molecule has 1 aliphatic rings. The molecule has 0 saturated carbocycles. The summed E-state index contributed by atoms with van der Waals surface area (Å²) >= 11 is 0. The largest absolute Gasteiger partial charge is 0.435 e. The molecule has 0 radical (unpaired) electrons. The van der Waals surface area contributed by atoms with E-state index in [-0.39, 0.29) is 19.1 Å². The third kappa shape index (κ3) is 5.02. The number of hydrogen-bond donors (Lipinski definition) is 2.